The van der Waals surface area contributed by atoms with Gasteiger partial charge in [0.1, 0.15) is 5.82 Å². The molecule has 0 aliphatic heterocycles. The number of aromatic nitrogens is 2. The molecule has 0 amide bonds. The van der Waals surface area contributed by atoms with Crippen molar-refractivity contribution in [1.29, 1.82) is 0 Å². The first kappa shape index (κ1) is 11.7. The summed E-state index contributed by atoms with van der Waals surface area (Å²) in [5.74, 6) is 1.00. The molecule has 1 aromatic heterocycles. The number of imidazole rings is 1. The van der Waals surface area contributed by atoms with Crippen LogP contribution in [0.5, 0.6) is 0 Å². The van der Waals surface area contributed by atoms with E-state index in [4.69, 9.17) is 4.98 Å². The summed E-state index contributed by atoms with van der Waals surface area (Å²) in [6, 6.07) is 16.7. The first-order valence-corrected chi connectivity index (χ1v) is 6.43. The summed E-state index contributed by atoms with van der Waals surface area (Å²) in [5.41, 5.74) is 4.58. The molecule has 0 saturated heterocycles. The minimum absolute atomic E-state index is 0.768. The van der Waals surface area contributed by atoms with Gasteiger partial charge in [-0.3, -0.25) is 0 Å². The summed E-state index contributed by atoms with van der Waals surface area (Å²) in [6.07, 6.45) is 1.91. The van der Waals surface area contributed by atoms with Crippen molar-refractivity contribution in [2.75, 3.05) is 0 Å². The second-order valence-corrected chi connectivity index (χ2v) is 4.69. The molecule has 0 aliphatic rings. The standard InChI is InChI=1S/C17H16N2/c1-3-11-19-16-10-5-4-9-15(16)18-17(19)14-8-6-7-13(2)12-14/h3-10,12H,1,11H2,2H3. The SMILES string of the molecule is C=CCn1c(-c2cccc(C)c2)nc2ccccc21. The number of benzene rings is 2. The minimum atomic E-state index is 0.768. The highest BCUT2D eigenvalue weighted by molar-refractivity contribution is 5.80. The second-order valence-electron chi connectivity index (χ2n) is 4.69. The highest BCUT2D eigenvalue weighted by atomic mass is 15.1. The molecule has 0 atom stereocenters. The summed E-state index contributed by atoms with van der Waals surface area (Å²) >= 11 is 0. The normalized spacial score (nSPS) is 10.8. The van der Waals surface area contributed by atoms with Crippen LogP contribution in [0, 0.1) is 6.92 Å². The average Bonchev–Trinajstić information content (AvgIpc) is 2.79. The van der Waals surface area contributed by atoms with Crippen LogP contribution < -0.4 is 0 Å². The zero-order valence-corrected chi connectivity index (χ0v) is 11.0. The topological polar surface area (TPSA) is 17.8 Å². The maximum Gasteiger partial charge on any atom is 0.141 e. The monoisotopic (exact) mass is 248 g/mol. The van der Waals surface area contributed by atoms with Crippen molar-refractivity contribution in [2.45, 2.75) is 13.5 Å². The van der Waals surface area contributed by atoms with Crippen molar-refractivity contribution in [3.05, 3.63) is 66.7 Å². The number of rotatable bonds is 3. The van der Waals surface area contributed by atoms with E-state index in [2.05, 4.69) is 48.4 Å². The second kappa shape index (κ2) is 4.73. The van der Waals surface area contributed by atoms with E-state index in [0.29, 0.717) is 0 Å². The molecule has 2 nitrogen and oxygen atoms in total. The zero-order valence-electron chi connectivity index (χ0n) is 11.0. The van der Waals surface area contributed by atoms with E-state index < -0.39 is 0 Å². The van der Waals surface area contributed by atoms with Crippen LogP contribution in [0.15, 0.2) is 61.2 Å². The number of aryl methyl sites for hydroxylation is 1. The van der Waals surface area contributed by atoms with E-state index >= 15 is 0 Å². The van der Waals surface area contributed by atoms with Crippen LogP contribution in [0.4, 0.5) is 0 Å². The molecule has 2 aromatic carbocycles. The average molecular weight is 248 g/mol. The summed E-state index contributed by atoms with van der Waals surface area (Å²) in [6.45, 7) is 6.71. The molecular weight excluding hydrogens is 232 g/mol. The molecule has 19 heavy (non-hydrogen) atoms. The van der Waals surface area contributed by atoms with Crippen molar-refractivity contribution < 1.29 is 0 Å². The van der Waals surface area contributed by atoms with Gasteiger partial charge in [0.15, 0.2) is 0 Å². The van der Waals surface area contributed by atoms with Crippen molar-refractivity contribution in [1.82, 2.24) is 9.55 Å². The number of hydrogen-bond donors (Lipinski definition) is 0. The molecule has 0 spiro atoms. The van der Waals surface area contributed by atoms with E-state index in [-0.39, 0.29) is 0 Å². The molecule has 3 aromatic rings. The van der Waals surface area contributed by atoms with E-state index in [0.717, 1.165) is 29.0 Å². The predicted octanol–water partition coefficient (Wildman–Crippen LogP) is 4.20. The van der Waals surface area contributed by atoms with Gasteiger partial charge in [0.05, 0.1) is 11.0 Å². The number of hydrogen-bond acceptors (Lipinski definition) is 1. The molecule has 0 aliphatic carbocycles. The molecule has 94 valence electrons. The van der Waals surface area contributed by atoms with Gasteiger partial charge >= 0.3 is 0 Å². The fraction of sp³-hybridized carbons (Fsp3) is 0.118. The van der Waals surface area contributed by atoms with Crippen LogP contribution in [0.2, 0.25) is 0 Å². The lowest BCUT2D eigenvalue weighted by Gasteiger charge is -2.07. The maximum absolute atomic E-state index is 4.76. The minimum Gasteiger partial charge on any atom is -0.320 e. The molecule has 3 rings (SSSR count). The Morgan fingerprint density at radius 3 is 2.79 bits per heavy atom. The van der Waals surface area contributed by atoms with E-state index in [9.17, 15) is 0 Å². The Kier molecular flexibility index (Phi) is 2.92. The van der Waals surface area contributed by atoms with Gasteiger partial charge < -0.3 is 4.57 Å². The lowest BCUT2D eigenvalue weighted by atomic mass is 10.1. The van der Waals surface area contributed by atoms with E-state index in [1.54, 1.807) is 0 Å². The van der Waals surface area contributed by atoms with Gasteiger partial charge in [0.25, 0.3) is 0 Å². The zero-order chi connectivity index (χ0) is 13.2. The summed E-state index contributed by atoms with van der Waals surface area (Å²) in [7, 11) is 0. The van der Waals surface area contributed by atoms with Crippen LogP contribution in [0.3, 0.4) is 0 Å². The Labute approximate surface area is 113 Å². The highest BCUT2D eigenvalue weighted by Crippen LogP contribution is 2.25. The number of nitrogens with zero attached hydrogens (tertiary/aromatic N) is 2. The van der Waals surface area contributed by atoms with E-state index in [1.165, 1.54) is 5.56 Å². The summed E-state index contributed by atoms with van der Waals surface area (Å²) in [4.78, 5) is 4.76. The molecule has 0 N–H and O–H groups in total. The third kappa shape index (κ3) is 2.06. The first-order chi connectivity index (χ1) is 9.29. The Morgan fingerprint density at radius 2 is 2.00 bits per heavy atom. The quantitative estimate of drug-likeness (QED) is 0.635. The Balaban J connectivity index is 2.27. The van der Waals surface area contributed by atoms with Gasteiger partial charge in [-0.05, 0) is 25.1 Å². The number of para-hydroxylation sites is 2. The van der Waals surface area contributed by atoms with Crippen LogP contribution in [-0.2, 0) is 6.54 Å². The van der Waals surface area contributed by atoms with Crippen molar-refractivity contribution in [2.24, 2.45) is 0 Å². The number of fused-ring (bicyclic) bond motifs is 1. The predicted molar refractivity (Wildman–Crippen MR) is 80.1 cm³/mol. The Morgan fingerprint density at radius 1 is 1.16 bits per heavy atom. The Bertz CT molecular complexity index is 738. The fourth-order valence-corrected chi connectivity index (χ4v) is 2.39. The van der Waals surface area contributed by atoms with Gasteiger partial charge in [-0.15, -0.1) is 6.58 Å². The van der Waals surface area contributed by atoms with Crippen molar-refractivity contribution in [3.8, 4) is 11.4 Å². The molecule has 2 heteroatoms. The van der Waals surface area contributed by atoms with Crippen LogP contribution in [0.25, 0.3) is 22.4 Å². The van der Waals surface area contributed by atoms with Gasteiger partial charge in [0.2, 0.25) is 0 Å². The van der Waals surface area contributed by atoms with Crippen LogP contribution in [-0.4, -0.2) is 9.55 Å². The van der Waals surface area contributed by atoms with Crippen molar-refractivity contribution in [3.63, 3.8) is 0 Å². The van der Waals surface area contributed by atoms with Gasteiger partial charge in [-0.1, -0.05) is 42.0 Å². The third-order valence-corrected chi connectivity index (χ3v) is 3.24. The lowest BCUT2D eigenvalue weighted by molar-refractivity contribution is 0.862. The van der Waals surface area contributed by atoms with Gasteiger partial charge in [-0.2, -0.15) is 0 Å². The van der Waals surface area contributed by atoms with Gasteiger partial charge in [0, 0.05) is 12.1 Å². The number of allylic oxidation sites excluding steroid dienone is 1. The lowest BCUT2D eigenvalue weighted by Crippen LogP contribution is -1.98. The molecular formula is C17H16N2. The molecule has 0 bridgehead atoms. The largest absolute Gasteiger partial charge is 0.320 e. The third-order valence-electron chi connectivity index (χ3n) is 3.24. The van der Waals surface area contributed by atoms with Crippen LogP contribution >= 0.6 is 0 Å². The van der Waals surface area contributed by atoms with Gasteiger partial charge in [-0.25, -0.2) is 4.98 Å². The van der Waals surface area contributed by atoms with E-state index in [1.807, 2.05) is 24.3 Å². The molecule has 0 fully saturated rings. The fourth-order valence-electron chi connectivity index (χ4n) is 2.39. The Hall–Kier alpha value is -2.35. The van der Waals surface area contributed by atoms with Crippen LogP contribution in [0.1, 0.15) is 5.56 Å². The smallest absolute Gasteiger partial charge is 0.141 e. The first-order valence-electron chi connectivity index (χ1n) is 6.43. The molecule has 1 heterocycles. The maximum atomic E-state index is 4.76. The molecule has 0 saturated carbocycles. The summed E-state index contributed by atoms with van der Waals surface area (Å²) in [5, 5.41) is 0. The molecule has 0 radical (unpaired) electrons. The highest BCUT2D eigenvalue weighted by Gasteiger charge is 2.10. The molecule has 0 unspecified atom stereocenters. The summed E-state index contributed by atoms with van der Waals surface area (Å²) < 4.78 is 2.21. The van der Waals surface area contributed by atoms with Crippen molar-refractivity contribution >= 4 is 11.0 Å².